The monoisotopic (exact) mass is 386 g/mol. The van der Waals surface area contributed by atoms with E-state index in [2.05, 4.69) is 22.0 Å². The van der Waals surface area contributed by atoms with E-state index in [4.69, 9.17) is 9.47 Å². The Hall–Kier alpha value is -1.81. The molecule has 1 spiro atoms. The van der Waals surface area contributed by atoms with Gasteiger partial charge in [-0.3, -0.25) is 4.79 Å². The van der Waals surface area contributed by atoms with Crippen molar-refractivity contribution in [2.24, 2.45) is 0 Å². The number of halogens is 1. The molecule has 1 heterocycles. The lowest BCUT2D eigenvalue weighted by atomic mass is 9.83. The van der Waals surface area contributed by atoms with Crippen LogP contribution in [0.2, 0.25) is 0 Å². The Balaban J connectivity index is 1.74. The van der Waals surface area contributed by atoms with Crippen LogP contribution in [0, 0.1) is 0 Å². The molecule has 2 aromatic carbocycles. The third-order valence-corrected chi connectivity index (χ3v) is 5.57. The Bertz CT molecular complexity index is 815. The zero-order valence-electron chi connectivity index (χ0n) is 13.6. The fourth-order valence-corrected chi connectivity index (χ4v) is 4.34. The first kappa shape index (κ1) is 15.7. The molecule has 0 saturated carbocycles. The van der Waals surface area contributed by atoms with E-state index in [0.717, 1.165) is 35.9 Å². The normalized spacial score (nSPS) is 22.3. The Morgan fingerprint density at radius 1 is 1.21 bits per heavy atom. The van der Waals surface area contributed by atoms with Gasteiger partial charge in [-0.2, -0.15) is 0 Å². The van der Waals surface area contributed by atoms with Crippen molar-refractivity contribution in [2.45, 2.75) is 37.7 Å². The number of hydrogen-bond donors (Lipinski definition) is 0. The van der Waals surface area contributed by atoms with Crippen molar-refractivity contribution >= 4 is 21.7 Å². The van der Waals surface area contributed by atoms with Gasteiger partial charge in [0.2, 0.25) is 0 Å². The molecular weight excluding hydrogens is 368 g/mol. The molecule has 1 aliphatic carbocycles. The van der Waals surface area contributed by atoms with Crippen LogP contribution in [0.1, 0.15) is 40.7 Å². The van der Waals surface area contributed by atoms with Crippen molar-refractivity contribution in [3.8, 4) is 11.5 Å². The maximum atomic E-state index is 12.7. The third kappa shape index (κ3) is 2.63. The van der Waals surface area contributed by atoms with E-state index >= 15 is 0 Å². The van der Waals surface area contributed by atoms with Crippen LogP contribution < -0.4 is 9.47 Å². The number of hydrogen-bond acceptors (Lipinski definition) is 3. The number of carbonyl (C=O) groups is 1. The summed E-state index contributed by atoms with van der Waals surface area (Å²) in [5, 5.41) is 0. The fourth-order valence-electron chi connectivity index (χ4n) is 3.98. The van der Waals surface area contributed by atoms with E-state index in [9.17, 15) is 4.79 Å². The molecule has 124 valence electrons. The van der Waals surface area contributed by atoms with Crippen LogP contribution in [-0.4, -0.2) is 18.5 Å². The highest BCUT2D eigenvalue weighted by Crippen LogP contribution is 2.42. The molecule has 1 aliphatic heterocycles. The van der Waals surface area contributed by atoms with Gasteiger partial charge in [0.15, 0.2) is 5.78 Å². The standard InChI is InChI=1S/C20H19BrO3/c1-23-18-6-2-4-13-11-20(9-3-5-15(13)18)12-17(22)16-10-14(21)7-8-19(16)24-20/h2,4,6-8,10H,3,5,9,11-12H2,1H3. The first-order valence-electron chi connectivity index (χ1n) is 8.27. The maximum absolute atomic E-state index is 12.7. The third-order valence-electron chi connectivity index (χ3n) is 5.07. The summed E-state index contributed by atoms with van der Waals surface area (Å²) in [5.74, 6) is 1.82. The van der Waals surface area contributed by atoms with Gasteiger partial charge in [-0.25, -0.2) is 0 Å². The number of carbonyl (C=O) groups excluding carboxylic acids is 1. The van der Waals surface area contributed by atoms with Crippen LogP contribution in [-0.2, 0) is 12.8 Å². The SMILES string of the molecule is COc1cccc2c1CCCC1(CC(=O)c3cc(Br)ccc3O1)C2. The predicted octanol–water partition coefficient (Wildman–Crippen LogP) is 4.74. The van der Waals surface area contributed by atoms with E-state index in [-0.39, 0.29) is 5.78 Å². The van der Waals surface area contributed by atoms with Crippen molar-refractivity contribution < 1.29 is 14.3 Å². The van der Waals surface area contributed by atoms with E-state index < -0.39 is 5.60 Å². The molecule has 0 bridgehead atoms. The number of ketones is 1. The van der Waals surface area contributed by atoms with Gasteiger partial charge < -0.3 is 9.47 Å². The molecule has 1 unspecified atom stereocenters. The van der Waals surface area contributed by atoms with Gasteiger partial charge >= 0.3 is 0 Å². The molecule has 24 heavy (non-hydrogen) atoms. The van der Waals surface area contributed by atoms with Crippen LogP contribution in [0.25, 0.3) is 0 Å². The smallest absolute Gasteiger partial charge is 0.170 e. The predicted molar refractivity (Wildman–Crippen MR) is 96.1 cm³/mol. The summed E-state index contributed by atoms with van der Waals surface area (Å²) in [4.78, 5) is 12.7. The van der Waals surface area contributed by atoms with E-state index in [0.29, 0.717) is 17.7 Å². The van der Waals surface area contributed by atoms with Gasteiger partial charge in [-0.15, -0.1) is 0 Å². The molecule has 0 radical (unpaired) electrons. The average molecular weight is 387 g/mol. The minimum Gasteiger partial charge on any atom is -0.496 e. The molecule has 0 saturated heterocycles. The summed E-state index contributed by atoms with van der Waals surface area (Å²) < 4.78 is 12.8. The number of ether oxygens (including phenoxy) is 2. The lowest BCUT2D eigenvalue weighted by Gasteiger charge is -2.37. The van der Waals surface area contributed by atoms with Crippen LogP contribution in [0.3, 0.4) is 0 Å². The number of rotatable bonds is 1. The molecular formula is C20H19BrO3. The van der Waals surface area contributed by atoms with Gasteiger partial charge in [0.1, 0.15) is 17.1 Å². The van der Waals surface area contributed by atoms with Gasteiger partial charge in [0, 0.05) is 10.9 Å². The molecule has 3 nitrogen and oxygen atoms in total. The molecule has 0 N–H and O–H groups in total. The van der Waals surface area contributed by atoms with Crippen molar-refractivity contribution in [2.75, 3.05) is 7.11 Å². The van der Waals surface area contributed by atoms with Crippen LogP contribution in [0.4, 0.5) is 0 Å². The minimum absolute atomic E-state index is 0.170. The molecule has 2 aliphatic rings. The van der Waals surface area contributed by atoms with Crippen LogP contribution >= 0.6 is 15.9 Å². The molecule has 0 fully saturated rings. The largest absolute Gasteiger partial charge is 0.496 e. The fraction of sp³-hybridized carbons (Fsp3) is 0.350. The van der Waals surface area contributed by atoms with Crippen molar-refractivity contribution in [3.05, 3.63) is 57.6 Å². The van der Waals surface area contributed by atoms with Gasteiger partial charge in [0.25, 0.3) is 0 Å². The van der Waals surface area contributed by atoms with E-state index in [1.54, 1.807) is 7.11 Å². The first-order valence-corrected chi connectivity index (χ1v) is 9.06. The Kier molecular flexibility index (Phi) is 3.87. The number of fused-ring (bicyclic) bond motifs is 2. The summed E-state index contributed by atoms with van der Waals surface area (Å²) >= 11 is 3.43. The summed E-state index contributed by atoms with van der Waals surface area (Å²) in [6.45, 7) is 0. The van der Waals surface area contributed by atoms with E-state index in [1.807, 2.05) is 30.3 Å². The van der Waals surface area contributed by atoms with E-state index in [1.165, 1.54) is 11.1 Å². The Morgan fingerprint density at radius 2 is 2.08 bits per heavy atom. The molecule has 4 heteroatoms. The second-order valence-electron chi connectivity index (χ2n) is 6.65. The quantitative estimate of drug-likeness (QED) is 0.709. The summed E-state index contributed by atoms with van der Waals surface area (Å²) in [5.41, 5.74) is 2.75. The first-order chi connectivity index (χ1) is 11.6. The molecule has 0 aromatic heterocycles. The van der Waals surface area contributed by atoms with Gasteiger partial charge in [0.05, 0.1) is 19.1 Å². The highest BCUT2D eigenvalue weighted by atomic mass is 79.9. The zero-order valence-corrected chi connectivity index (χ0v) is 15.2. The molecule has 1 atom stereocenters. The lowest BCUT2D eigenvalue weighted by molar-refractivity contribution is 0.0349. The van der Waals surface area contributed by atoms with Gasteiger partial charge in [-0.05, 0) is 54.7 Å². The molecule has 4 rings (SSSR count). The van der Waals surface area contributed by atoms with Crippen LogP contribution in [0.5, 0.6) is 11.5 Å². The number of Topliss-reactive ketones (excluding diaryl/α,β-unsaturated/α-hetero) is 1. The average Bonchev–Trinajstić information content (AvgIpc) is 2.74. The summed E-state index contributed by atoms with van der Waals surface area (Å²) in [7, 11) is 1.71. The molecule has 0 amide bonds. The van der Waals surface area contributed by atoms with Crippen molar-refractivity contribution in [1.29, 1.82) is 0 Å². The highest BCUT2D eigenvalue weighted by Gasteiger charge is 2.42. The number of methoxy groups -OCH3 is 1. The molecule has 2 aromatic rings. The topological polar surface area (TPSA) is 35.5 Å². The summed E-state index contributed by atoms with van der Waals surface area (Å²) in [6.07, 6.45) is 4.03. The highest BCUT2D eigenvalue weighted by molar-refractivity contribution is 9.10. The zero-order chi connectivity index (χ0) is 16.7. The second-order valence-corrected chi connectivity index (χ2v) is 7.57. The second kappa shape index (κ2) is 5.92. The van der Waals surface area contributed by atoms with Gasteiger partial charge in [-0.1, -0.05) is 28.1 Å². The van der Waals surface area contributed by atoms with Crippen molar-refractivity contribution in [1.82, 2.24) is 0 Å². The maximum Gasteiger partial charge on any atom is 0.170 e. The van der Waals surface area contributed by atoms with Crippen LogP contribution in [0.15, 0.2) is 40.9 Å². The Morgan fingerprint density at radius 3 is 2.92 bits per heavy atom. The Labute approximate surface area is 150 Å². The minimum atomic E-state index is -0.435. The number of benzene rings is 2. The van der Waals surface area contributed by atoms with Crippen molar-refractivity contribution in [3.63, 3.8) is 0 Å². The summed E-state index contributed by atoms with van der Waals surface area (Å²) in [6, 6.07) is 11.9. The lowest BCUT2D eigenvalue weighted by Crippen LogP contribution is -2.43.